The molecule has 0 spiro atoms. The Kier molecular flexibility index (Phi) is 5.78. The Morgan fingerprint density at radius 2 is 1.81 bits per heavy atom. The van der Waals surface area contributed by atoms with Crippen molar-refractivity contribution >= 4 is 38.8 Å². The molecule has 1 aliphatic heterocycles. The van der Waals surface area contributed by atoms with Crippen LogP contribution in [0, 0.1) is 6.92 Å². The minimum atomic E-state index is 0.648. The van der Waals surface area contributed by atoms with Crippen molar-refractivity contribution in [2.75, 3.05) is 6.54 Å². The van der Waals surface area contributed by atoms with Gasteiger partial charge in [-0.25, -0.2) is 0 Å². The topological polar surface area (TPSA) is 21.4 Å². The molecule has 0 radical (unpaired) electrons. The molecular weight excluding hydrogens is 478 g/mol. The number of aryl methyl sites for hydroxylation is 3. The summed E-state index contributed by atoms with van der Waals surface area (Å²) in [6.07, 6.45) is 7.52. The van der Waals surface area contributed by atoms with Gasteiger partial charge < -0.3 is 9.88 Å². The van der Waals surface area contributed by atoms with Crippen LogP contribution < -0.4 is 5.32 Å². The Balaban J connectivity index is 1.81. The summed E-state index contributed by atoms with van der Waals surface area (Å²) in [6.45, 7) is 7.64. The summed E-state index contributed by atoms with van der Waals surface area (Å²) in [5.74, 6) is 0. The second kappa shape index (κ2) is 8.72. The molecule has 3 heterocycles. The summed E-state index contributed by atoms with van der Waals surface area (Å²) in [6, 6.07) is 17.4. The third-order valence-electron chi connectivity index (χ3n) is 6.24. The van der Waals surface area contributed by atoms with Crippen LogP contribution in [-0.4, -0.2) is 20.5 Å². The molecule has 0 saturated heterocycles. The average Bonchev–Trinajstić information content (AvgIpc) is 3.21. The highest BCUT2D eigenvalue weighted by atomic mass is 79.9. The van der Waals surface area contributed by atoms with E-state index < -0.39 is 0 Å². The summed E-state index contributed by atoms with van der Waals surface area (Å²) in [5, 5.41) is 3.39. The normalized spacial score (nSPS) is 13.2. The van der Waals surface area contributed by atoms with E-state index in [0.29, 0.717) is 6.54 Å². The molecule has 0 unspecified atom stereocenters. The molecule has 5 heteroatoms. The maximum atomic E-state index is 5.93. The molecule has 0 amide bonds. The first-order valence-corrected chi connectivity index (χ1v) is 12.3. The van der Waals surface area contributed by atoms with Crippen LogP contribution in [0.5, 0.6) is 0 Å². The third kappa shape index (κ3) is 3.63. The number of hydrogen-bond donors (Lipinski definition) is 1. The van der Waals surface area contributed by atoms with Crippen LogP contribution in [0.2, 0.25) is 0 Å². The van der Waals surface area contributed by atoms with Crippen molar-refractivity contribution in [2.45, 2.75) is 32.7 Å². The van der Waals surface area contributed by atoms with Crippen LogP contribution in [0.3, 0.4) is 0 Å². The maximum Gasteiger partial charge on any atom is 0.124 e. The smallest absolute Gasteiger partial charge is 0.124 e. The lowest BCUT2D eigenvalue weighted by Gasteiger charge is -2.11. The lowest BCUT2D eigenvalue weighted by Crippen LogP contribution is -2.24. The van der Waals surface area contributed by atoms with Gasteiger partial charge in [-0.1, -0.05) is 76.2 Å². The van der Waals surface area contributed by atoms with E-state index in [-0.39, 0.29) is 0 Å². The number of hydrogen-bond acceptors (Lipinski definition) is 1. The minimum absolute atomic E-state index is 0.648. The van der Waals surface area contributed by atoms with E-state index in [2.05, 4.69) is 98.4 Å². The van der Waals surface area contributed by atoms with Crippen LogP contribution in [0.25, 0.3) is 28.0 Å². The summed E-state index contributed by atoms with van der Waals surface area (Å²) in [7, 11) is 0. The Bertz CT molecular complexity index is 1310. The zero-order valence-electron chi connectivity index (χ0n) is 18.2. The molecule has 5 rings (SSSR count). The second-order valence-corrected chi connectivity index (χ2v) is 9.71. The maximum absolute atomic E-state index is 5.93. The van der Waals surface area contributed by atoms with Crippen LogP contribution in [-0.2, 0) is 13.0 Å². The molecule has 162 valence electrons. The fraction of sp³-hybridized carbons (Fsp3) is 0.222. The van der Waals surface area contributed by atoms with Crippen LogP contribution in [0.15, 0.2) is 71.9 Å². The minimum Gasteiger partial charge on any atom is -0.371 e. The van der Waals surface area contributed by atoms with Gasteiger partial charge in [0, 0.05) is 34.9 Å². The van der Waals surface area contributed by atoms with Gasteiger partial charge in [0.1, 0.15) is 10.6 Å². The summed E-state index contributed by atoms with van der Waals surface area (Å²) >= 11 is 9.50. The predicted octanol–water partition coefficient (Wildman–Crippen LogP) is 6.93. The number of rotatable bonds is 5. The van der Waals surface area contributed by atoms with Gasteiger partial charge in [0.2, 0.25) is 0 Å². The number of nitrogens with zero attached hydrogens (tertiary/aromatic N) is 2. The molecule has 2 aromatic heterocycles. The monoisotopic (exact) mass is 503 g/mol. The molecule has 2 aromatic carbocycles. The number of halogens is 1. The van der Waals surface area contributed by atoms with Gasteiger partial charge in [0.15, 0.2) is 0 Å². The largest absolute Gasteiger partial charge is 0.371 e. The van der Waals surface area contributed by atoms with E-state index in [1.54, 1.807) is 0 Å². The number of nitrogens with one attached hydrogen (secondary N) is 1. The molecule has 0 saturated carbocycles. The second-order valence-electron chi connectivity index (χ2n) is 8.39. The lowest BCUT2D eigenvalue weighted by atomic mass is 9.97. The summed E-state index contributed by atoms with van der Waals surface area (Å²) in [5.41, 5.74) is 9.96. The van der Waals surface area contributed by atoms with Crippen molar-refractivity contribution < 1.29 is 0 Å². The van der Waals surface area contributed by atoms with Gasteiger partial charge in [0.05, 0.1) is 11.4 Å². The van der Waals surface area contributed by atoms with Crippen molar-refractivity contribution in [3.05, 3.63) is 88.7 Å². The molecule has 32 heavy (non-hydrogen) atoms. The molecule has 1 aliphatic rings. The fourth-order valence-electron chi connectivity index (χ4n) is 4.74. The standard InChI is InChI=1S/C27H26BrN3S/c1-3-15-29-26(32)25-24(20-9-7-18(2)8-10-20)22-6-4-5-16-30-23(17-31(25)27(22)30)19-11-13-21(28)14-12-19/h3,7-14,17H,1,4-6,15-16H2,2H3,(H,29,32). The molecule has 0 bridgehead atoms. The van der Waals surface area contributed by atoms with Gasteiger partial charge >= 0.3 is 0 Å². The third-order valence-corrected chi connectivity index (χ3v) is 7.10. The number of benzene rings is 2. The molecule has 1 N–H and O–H groups in total. The number of aromatic nitrogens is 2. The van der Waals surface area contributed by atoms with Crippen molar-refractivity contribution in [3.8, 4) is 22.4 Å². The molecule has 0 aliphatic carbocycles. The van der Waals surface area contributed by atoms with E-state index in [9.17, 15) is 0 Å². The predicted molar refractivity (Wildman–Crippen MR) is 142 cm³/mol. The fourth-order valence-corrected chi connectivity index (χ4v) is 5.29. The molecular formula is C27H26BrN3S. The molecule has 3 nitrogen and oxygen atoms in total. The van der Waals surface area contributed by atoms with E-state index in [4.69, 9.17) is 12.2 Å². The Morgan fingerprint density at radius 3 is 2.53 bits per heavy atom. The van der Waals surface area contributed by atoms with E-state index in [0.717, 1.165) is 28.1 Å². The van der Waals surface area contributed by atoms with Crippen LogP contribution in [0.1, 0.15) is 29.7 Å². The van der Waals surface area contributed by atoms with Crippen LogP contribution >= 0.6 is 28.1 Å². The Labute approximate surface area is 202 Å². The number of imidazole rings is 1. The molecule has 0 fully saturated rings. The van der Waals surface area contributed by atoms with Gasteiger partial charge in [0.25, 0.3) is 0 Å². The van der Waals surface area contributed by atoms with E-state index >= 15 is 0 Å². The first-order chi connectivity index (χ1) is 15.6. The van der Waals surface area contributed by atoms with Gasteiger partial charge in [-0.2, -0.15) is 0 Å². The average molecular weight is 504 g/mol. The van der Waals surface area contributed by atoms with Gasteiger partial charge in [-0.3, -0.25) is 4.40 Å². The summed E-state index contributed by atoms with van der Waals surface area (Å²) in [4.78, 5) is 0.766. The van der Waals surface area contributed by atoms with Gasteiger partial charge in [-0.05, 0) is 49.4 Å². The Hall–Kier alpha value is -2.63. The zero-order chi connectivity index (χ0) is 22.2. The quantitative estimate of drug-likeness (QED) is 0.235. The first kappa shape index (κ1) is 21.2. The zero-order valence-corrected chi connectivity index (χ0v) is 20.6. The highest BCUT2D eigenvalue weighted by molar-refractivity contribution is 9.10. The van der Waals surface area contributed by atoms with Crippen molar-refractivity contribution in [1.82, 2.24) is 14.3 Å². The lowest BCUT2D eigenvalue weighted by molar-refractivity contribution is 0.647. The SMILES string of the molecule is C=CCNC(=S)c1c(-c2ccc(C)cc2)c2c3n(c(-c4ccc(Br)cc4)cn13)CCCC2. The van der Waals surface area contributed by atoms with Crippen molar-refractivity contribution in [3.63, 3.8) is 0 Å². The molecule has 0 atom stereocenters. The highest BCUT2D eigenvalue weighted by Crippen LogP contribution is 2.39. The molecule has 4 aromatic rings. The van der Waals surface area contributed by atoms with Crippen molar-refractivity contribution in [1.29, 1.82) is 0 Å². The summed E-state index contributed by atoms with van der Waals surface area (Å²) < 4.78 is 5.90. The first-order valence-electron chi connectivity index (χ1n) is 11.1. The van der Waals surface area contributed by atoms with E-state index in [1.807, 2.05) is 6.08 Å². The highest BCUT2D eigenvalue weighted by Gasteiger charge is 2.28. The van der Waals surface area contributed by atoms with Crippen molar-refractivity contribution in [2.24, 2.45) is 0 Å². The van der Waals surface area contributed by atoms with Gasteiger partial charge in [-0.15, -0.1) is 6.58 Å². The number of thiocarbonyl (C=S) groups is 1. The Morgan fingerprint density at radius 1 is 1.09 bits per heavy atom. The van der Waals surface area contributed by atoms with E-state index in [1.165, 1.54) is 52.0 Å². The van der Waals surface area contributed by atoms with Crippen LogP contribution in [0.4, 0.5) is 0 Å².